The van der Waals surface area contributed by atoms with Gasteiger partial charge >= 0.3 is 0 Å². The van der Waals surface area contributed by atoms with Crippen LogP contribution in [0.1, 0.15) is 31.7 Å². The van der Waals surface area contributed by atoms with E-state index in [0.717, 1.165) is 12.0 Å². The molecule has 0 aliphatic carbocycles. The zero-order valence-electron chi connectivity index (χ0n) is 11.6. The average Bonchev–Trinajstić information content (AvgIpc) is 2.47. The fraction of sp³-hybridized carbons (Fsp3) is 0.267. The van der Waals surface area contributed by atoms with Gasteiger partial charge in [0.1, 0.15) is 5.82 Å². The molecule has 0 fully saturated rings. The molecule has 20 heavy (non-hydrogen) atoms. The van der Waals surface area contributed by atoms with E-state index in [4.69, 9.17) is 0 Å². The summed E-state index contributed by atoms with van der Waals surface area (Å²) < 4.78 is 26.9. The van der Waals surface area contributed by atoms with Crippen LogP contribution in [0.5, 0.6) is 0 Å². The first kappa shape index (κ1) is 14.5. The highest BCUT2D eigenvalue weighted by atomic mass is 32.2. The number of benzene rings is 1. The molecule has 0 bridgehead atoms. The normalized spacial score (nSPS) is 12.9. The molecule has 106 valence electrons. The Labute approximate surface area is 119 Å². The largest absolute Gasteiger partial charge is 0.263 e. The summed E-state index contributed by atoms with van der Waals surface area (Å²) in [7, 11) is -3.58. The van der Waals surface area contributed by atoms with Crippen molar-refractivity contribution in [1.29, 1.82) is 0 Å². The number of aromatic nitrogens is 1. The highest BCUT2D eigenvalue weighted by molar-refractivity contribution is 7.92. The second kappa shape index (κ2) is 6.05. The third-order valence-corrected chi connectivity index (χ3v) is 4.65. The van der Waals surface area contributed by atoms with Gasteiger partial charge in [0, 0.05) is 6.20 Å². The Balaban J connectivity index is 2.22. The minimum Gasteiger partial charge on any atom is -0.263 e. The molecule has 5 heteroatoms. The van der Waals surface area contributed by atoms with Gasteiger partial charge in [0.25, 0.3) is 10.0 Å². The topological polar surface area (TPSA) is 59.1 Å². The molecule has 1 aromatic heterocycles. The van der Waals surface area contributed by atoms with Crippen LogP contribution in [-0.2, 0) is 10.0 Å². The van der Waals surface area contributed by atoms with E-state index in [9.17, 15) is 8.42 Å². The number of rotatable bonds is 5. The molecule has 1 heterocycles. The Hall–Kier alpha value is -1.88. The summed E-state index contributed by atoms with van der Waals surface area (Å²) >= 11 is 0. The third-order valence-electron chi connectivity index (χ3n) is 3.28. The monoisotopic (exact) mass is 290 g/mol. The third kappa shape index (κ3) is 3.36. The zero-order chi connectivity index (χ0) is 14.6. The Morgan fingerprint density at radius 2 is 1.85 bits per heavy atom. The van der Waals surface area contributed by atoms with Crippen molar-refractivity contribution >= 4 is 15.8 Å². The molecule has 4 nitrogen and oxygen atoms in total. The first-order valence-electron chi connectivity index (χ1n) is 6.56. The van der Waals surface area contributed by atoms with Gasteiger partial charge in [-0.15, -0.1) is 0 Å². The standard InChI is InChI=1S/C15H18N2O2S/c1-3-12(2)13-7-9-14(10-8-13)20(18,19)17-15-6-4-5-11-16-15/h4-12H,3H2,1-2H3,(H,16,17)/t12-/m0/s1. The molecule has 0 spiro atoms. The molecular formula is C15H18N2O2S. The molecule has 2 aromatic rings. The van der Waals surface area contributed by atoms with E-state index in [-0.39, 0.29) is 4.90 Å². The summed E-state index contributed by atoms with van der Waals surface area (Å²) in [5.41, 5.74) is 1.14. The molecule has 1 atom stereocenters. The van der Waals surface area contributed by atoms with Crippen molar-refractivity contribution in [3.63, 3.8) is 0 Å². The van der Waals surface area contributed by atoms with Gasteiger partial charge in [-0.2, -0.15) is 0 Å². The second-order valence-corrected chi connectivity index (χ2v) is 6.38. The van der Waals surface area contributed by atoms with Crippen molar-refractivity contribution in [2.24, 2.45) is 0 Å². The Kier molecular flexibility index (Phi) is 4.39. The number of pyridine rings is 1. The lowest BCUT2D eigenvalue weighted by atomic mass is 9.99. The molecule has 2 rings (SSSR count). The van der Waals surface area contributed by atoms with Crippen molar-refractivity contribution in [2.75, 3.05) is 4.72 Å². The van der Waals surface area contributed by atoms with Crippen LogP contribution in [0.3, 0.4) is 0 Å². The zero-order valence-corrected chi connectivity index (χ0v) is 12.4. The Bertz CT molecular complexity index is 652. The summed E-state index contributed by atoms with van der Waals surface area (Å²) in [6.45, 7) is 4.23. The number of hydrogen-bond acceptors (Lipinski definition) is 3. The number of hydrogen-bond donors (Lipinski definition) is 1. The number of anilines is 1. The van der Waals surface area contributed by atoms with Gasteiger partial charge in [-0.05, 0) is 42.2 Å². The molecule has 0 radical (unpaired) electrons. The van der Waals surface area contributed by atoms with Crippen LogP contribution in [0.4, 0.5) is 5.82 Å². The quantitative estimate of drug-likeness (QED) is 0.918. The molecule has 0 aliphatic rings. The van der Waals surface area contributed by atoms with E-state index in [2.05, 4.69) is 23.6 Å². The first-order chi connectivity index (χ1) is 9.53. The number of sulfonamides is 1. The summed E-state index contributed by atoms with van der Waals surface area (Å²) in [5.74, 6) is 0.744. The molecule has 0 amide bonds. The fourth-order valence-electron chi connectivity index (χ4n) is 1.83. The molecular weight excluding hydrogens is 272 g/mol. The van der Waals surface area contributed by atoms with Crippen LogP contribution in [0.15, 0.2) is 53.6 Å². The lowest BCUT2D eigenvalue weighted by Crippen LogP contribution is -2.13. The van der Waals surface area contributed by atoms with Crippen LogP contribution in [0.2, 0.25) is 0 Å². The molecule has 0 saturated heterocycles. The predicted molar refractivity (Wildman–Crippen MR) is 80.2 cm³/mol. The summed E-state index contributed by atoms with van der Waals surface area (Å²) in [6, 6.07) is 12.1. The van der Waals surface area contributed by atoms with Crippen molar-refractivity contribution in [3.05, 3.63) is 54.2 Å². The molecule has 0 saturated carbocycles. The van der Waals surface area contributed by atoms with Gasteiger partial charge in [-0.3, -0.25) is 4.72 Å². The van der Waals surface area contributed by atoms with Crippen LogP contribution < -0.4 is 4.72 Å². The number of nitrogens with one attached hydrogen (secondary N) is 1. The maximum Gasteiger partial charge on any atom is 0.263 e. The highest BCUT2D eigenvalue weighted by Gasteiger charge is 2.15. The van der Waals surface area contributed by atoms with E-state index in [1.54, 1.807) is 36.5 Å². The van der Waals surface area contributed by atoms with Crippen LogP contribution in [0.25, 0.3) is 0 Å². The molecule has 1 aromatic carbocycles. The molecule has 0 unspecified atom stereocenters. The summed E-state index contributed by atoms with van der Waals surface area (Å²) in [5, 5.41) is 0. The van der Waals surface area contributed by atoms with Gasteiger partial charge in [0.05, 0.1) is 4.90 Å². The van der Waals surface area contributed by atoms with Crippen LogP contribution >= 0.6 is 0 Å². The second-order valence-electron chi connectivity index (χ2n) is 4.70. The van der Waals surface area contributed by atoms with Gasteiger partial charge < -0.3 is 0 Å². The lowest BCUT2D eigenvalue weighted by Gasteiger charge is -2.11. The minimum absolute atomic E-state index is 0.246. The Morgan fingerprint density at radius 1 is 1.15 bits per heavy atom. The molecule has 1 N–H and O–H groups in total. The van der Waals surface area contributed by atoms with E-state index < -0.39 is 10.0 Å². The summed E-state index contributed by atoms with van der Waals surface area (Å²) in [6.07, 6.45) is 2.57. The van der Waals surface area contributed by atoms with Crippen LogP contribution in [0, 0.1) is 0 Å². The predicted octanol–water partition coefficient (Wildman–Crippen LogP) is 3.40. The first-order valence-corrected chi connectivity index (χ1v) is 8.05. The van der Waals surface area contributed by atoms with Crippen molar-refractivity contribution < 1.29 is 8.42 Å². The number of nitrogens with zero attached hydrogens (tertiary/aromatic N) is 1. The van der Waals surface area contributed by atoms with Crippen molar-refractivity contribution in [3.8, 4) is 0 Å². The SMILES string of the molecule is CC[C@H](C)c1ccc(S(=O)(=O)Nc2ccccn2)cc1. The van der Waals surface area contributed by atoms with Gasteiger partial charge in [0.15, 0.2) is 0 Å². The van der Waals surface area contributed by atoms with Crippen molar-refractivity contribution in [1.82, 2.24) is 4.98 Å². The van der Waals surface area contributed by atoms with E-state index in [0.29, 0.717) is 11.7 Å². The van der Waals surface area contributed by atoms with Gasteiger partial charge in [0.2, 0.25) is 0 Å². The molecule has 0 aliphatic heterocycles. The van der Waals surface area contributed by atoms with E-state index in [1.807, 2.05) is 12.1 Å². The average molecular weight is 290 g/mol. The summed E-state index contributed by atoms with van der Waals surface area (Å²) in [4.78, 5) is 4.20. The minimum atomic E-state index is -3.58. The van der Waals surface area contributed by atoms with E-state index >= 15 is 0 Å². The Morgan fingerprint density at radius 3 is 2.40 bits per heavy atom. The maximum absolute atomic E-state index is 12.2. The van der Waals surface area contributed by atoms with Gasteiger partial charge in [-0.1, -0.05) is 32.0 Å². The lowest BCUT2D eigenvalue weighted by molar-refractivity contribution is 0.601. The smallest absolute Gasteiger partial charge is 0.263 e. The fourth-order valence-corrected chi connectivity index (χ4v) is 2.84. The van der Waals surface area contributed by atoms with E-state index in [1.165, 1.54) is 0 Å². The van der Waals surface area contributed by atoms with Crippen LogP contribution in [-0.4, -0.2) is 13.4 Å². The highest BCUT2D eigenvalue weighted by Crippen LogP contribution is 2.21. The maximum atomic E-state index is 12.2. The van der Waals surface area contributed by atoms with Gasteiger partial charge in [-0.25, -0.2) is 13.4 Å². The van der Waals surface area contributed by atoms with Crippen molar-refractivity contribution in [2.45, 2.75) is 31.1 Å².